The van der Waals surface area contributed by atoms with E-state index in [0.29, 0.717) is 17.0 Å². The average Bonchev–Trinajstić information content (AvgIpc) is 2.93. The van der Waals surface area contributed by atoms with Crippen molar-refractivity contribution in [2.45, 2.75) is 13.8 Å². The molecule has 102 valence electrons. The van der Waals surface area contributed by atoms with E-state index in [1.54, 1.807) is 23.1 Å². The lowest BCUT2D eigenvalue weighted by atomic mass is 10.3. The van der Waals surface area contributed by atoms with Gasteiger partial charge in [-0.3, -0.25) is 4.79 Å². The summed E-state index contributed by atoms with van der Waals surface area (Å²) in [5.41, 5.74) is 1.60. The Labute approximate surface area is 127 Å². The molecule has 0 aliphatic carbocycles. The number of halogens is 1. The predicted molar refractivity (Wildman–Crippen MR) is 80.2 cm³/mol. The van der Waals surface area contributed by atoms with Crippen molar-refractivity contribution >= 4 is 44.5 Å². The van der Waals surface area contributed by atoms with E-state index in [2.05, 4.69) is 36.3 Å². The van der Waals surface area contributed by atoms with E-state index >= 15 is 0 Å². The Hall–Kier alpha value is -1.80. The van der Waals surface area contributed by atoms with Crippen LogP contribution in [0.15, 0.2) is 23.1 Å². The highest BCUT2D eigenvalue weighted by Crippen LogP contribution is 2.20. The van der Waals surface area contributed by atoms with Gasteiger partial charge in [-0.05, 0) is 29.8 Å². The minimum atomic E-state index is -0.244. The Balaban J connectivity index is 1.93. The molecule has 3 aromatic heterocycles. The van der Waals surface area contributed by atoms with Crippen LogP contribution in [0.4, 0.5) is 5.69 Å². The first-order valence-corrected chi connectivity index (χ1v) is 7.40. The second kappa shape index (κ2) is 4.95. The Morgan fingerprint density at radius 1 is 1.40 bits per heavy atom. The Morgan fingerprint density at radius 2 is 2.20 bits per heavy atom. The zero-order valence-electron chi connectivity index (χ0n) is 10.7. The molecule has 0 aliphatic rings. The molecular formula is C12H10BrN5OS. The first-order chi connectivity index (χ1) is 9.54. The highest BCUT2D eigenvalue weighted by molar-refractivity contribution is 9.10. The second-order valence-corrected chi connectivity index (χ2v) is 6.51. The van der Waals surface area contributed by atoms with E-state index in [-0.39, 0.29) is 5.91 Å². The largest absolute Gasteiger partial charge is 0.316 e. The van der Waals surface area contributed by atoms with Crippen LogP contribution in [0.5, 0.6) is 0 Å². The molecule has 0 saturated heterocycles. The van der Waals surface area contributed by atoms with Gasteiger partial charge in [-0.25, -0.2) is 14.5 Å². The molecule has 0 radical (unpaired) electrons. The van der Waals surface area contributed by atoms with Crippen LogP contribution < -0.4 is 5.32 Å². The van der Waals surface area contributed by atoms with Gasteiger partial charge < -0.3 is 5.32 Å². The number of hydrogen-bond acceptors (Lipinski definition) is 5. The van der Waals surface area contributed by atoms with Crippen LogP contribution in [0, 0.1) is 13.8 Å². The van der Waals surface area contributed by atoms with E-state index in [9.17, 15) is 4.79 Å². The van der Waals surface area contributed by atoms with Crippen LogP contribution in [0.25, 0.3) is 5.65 Å². The molecule has 0 bridgehead atoms. The van der Waals surface area contributed by atoms with Gasteiger partial charge in [0.1, 0.15) is 11.4 Å². The molecule has 0 fully saturated rings. The molecule has 0 aromatic carbocycles. The molecule has 8 heteroatoms. The van der Waals surface area contributed by atoms with Gasteiger partial charge in [0, 0.05) is 17.3 Å². The molecule has 0 aliphatic heterocycles. The first-order valence-electron chi connectivity index (χ1n) is 5.79. The minimum Gasteiger partial charge on any atom is -0.316 e. The lowest BCUT2D eigenvalue weighted by Crippen LogP contribution is -2.13. The topological polar surface area (TPSA) is 72.2 Å². The summed E-state index contributed by atoms with van der Waals surface area (Å²) >= 11 is 4.82. The molecule has 1 amide bonds. The molecule has 0 spiro atoms. The molecular weight excluding hydrogens is 342 g/mol. The van der Waals surface area contributed by atoms with Crippen LogP contribution in [0.2, 0.25) is 0 Å². The number of hydrogen-bond donors (Lipinski definition) is 1. The normalized spacial score (nSPS) is 10.9. The average molecular weight is 352 g/mol. The molecule has 3 heterocycles. The van der Waals surface area contributed by atoms with Crippen molar-refractivity contribution in [3.05, 3.63) is 38.6 Å². The number of aryl methyl sites for hydroxylation is 2. The number of thiazole rings is 1. The summed E-state index contributed by atoms with van der Waals surface area (Å²) in [5.74, 6) is -0.244. The number of carbonyl (C=O) groups excluding carboxylic acids is 1. The van der Waals surface area contributed by atoms with Crippen LogP contribution in [-0.4, -0.2) is 25.5 Å². The van der Waals surface area contributed by atoms with Gasteiger partial charge in [0.15, 0.2) is 5.65 Å². The fourth-order valence-electron chi connectivity index (χ4n) is 1.86. The number of nitrogens with zero attached hydrogens (tertiary/aromatic N) is 4. The maximum Gasteiger partial charge on any atom is 0.275 e. The number of carbonyl (C=O) groups is 1. The van der Waals surface area contributed by atoms with E-state index in [0.717, 1.165) is 14.4 Å². The quantitative estimate of drug-likeness (QED) is 0.770. The first kappa shape index (κ1) is 13.2. The Kier molecular flexibility index (Phi) is 3.27. The van der Waals surface area contributed by atoms with Gasteiger partial charge >= 0.3 is 0 Å². The highest BCUT2D eigenvalue weighted by atomic mass is 79.9. The number of fused-ring (bicyclic) bond motifs is 1. The molecule has 0 saturated carbocycles. The number of nitrogens with one attached hydrogen (secondary N) is 1. The number of aromatic nitrogens is 4. The SMILES string of the molecule is Cc1nc(C(=O)Nc2cnn3cc(Br)cnc23)c(C)s1. The van der Waals surface area contributed by atoms with Crippen LogP contribution in [0.3, 0.4) is 0 Å². The molecule has 3 rings (SSSR count). The summed E-state index contributed by atoms with van der Waals surface area (Å²) in [6.45, 7) is 3.76. The number of rotatable bonds is 2. The van der Waals surface area contributed by atoms with Crippen molar-refractivity contribution in [2.75, 3.05) is 5.32 Å². The predicted octanol–water partition coefficient (Wildman–Crippen LogP) is 2.82. The fourth-order valence-corrected chi connectivity index (χ4v) is 2.97. The summed E-state index contributed by atoms with van der Waals surface area (Å²) in [7, 11) is 0. The zero-order valence-corrected chi connectivity index (χ0v) is 13.1. The van der Waals surface area contributed by atoms with Gasteiger partial charge in [0.05, 0.1) is 15.7 Å². The summed E-state index contributed by atoms with van der Waals surface area (Å²) in [5, 5.41) is 7.81. The number of amides is 1. The fraction of sp³-hybridized carbons (Fsp3) is 0.167. The molecule has 0 unspecified atom stereocenters. The molecule has 3 aromatic rings. The zero-order chi connectivity index (χ0) is 14.3. The van der Waals surface area contributed by atoms with Gasteiger partial charge in [-0.1, -0.05) is 0 Å². The van der Waals surface area contributed by atoms with Crippen LogP contribution >= 0.6 is 27.3 Å². The van der Waals surface area contributed by atoms with E-state index in [4.69, 9.17) is 0 Å². The Morgan fingerprint density at radius 3 is 2.90 bits per heavy atom. The second-order valence-electron chi connectivity index (χ2n) is 4.19. The third-order valence-electron chi connectivity index (χ3n) is 2.69. The molecule has 20 heavy (non-hydrogen) atoms. The summed E-state index contributed by atoms with van der Waals surface area (Å²) in [6.07, 6.45) is 5.00. The lowest BCUT2D eigenvalue weighted by Gasteiger charge is -2.01. The van der Waals surface area contributed by atoms with Gasteiger partial charge in [0.25, 0.3) is 5.91 Å². The number of anilines is 1. The summed E-state index contributed by atoms with van der Waals surface area (Å²) < 4.78 is 2.41. The van der Waals surface area contributed by atoms with Crippen molar-refractivity contribution in [2.24, 2.45) is 0 Å². The maximum atomic E-state index is 12.2. The van der Waals surface area contributed by atoms with Crippen LogP contribution in [0.1, 0.15) is 20.4 Å². The van der Waals surface area contributed by atoms with Crippen molar-refractivity contribution < 1.29 is 4.79 Å². The smallest absolute Gasteiger partial charge is 0.275 e. The Bertz CT molecular complexity index is 809. The standard InChI is InChI=1S/C12H10BrN5OS/c1-6-10(16-7(2)20-6)12(19)17-9-4-15-18-5-8(13)3-14-11(9)18/h3-5H,1-2H3,(H,17,19). The van der Waals surface area contributed by atoms with Crippen molar-refractivity contribution in [1.82, 2.24) is 19.6 Å². The molecule has 1 N–H and O–H groups in total. The summed E-state index contributed by atoms with van der Waals surface area (Å²) in [6, 6.07) is 0. The summed E-state index contributed by atoms with van der Waals surface area (Å²) in [4.78, 5) is 21.6. The van der Waals surface area contributed by atoms with Crippen molar-refractivity contribution in [3.63, 3.8) is 0 Å². The third-order valence-corrected chi connectivity index (χ3v) is 3.99. The van der Waals surface area contributed by atoms with Crippen molar-refractivity contribution in [3.8, 4) is 0 Å². The van der Waals surface area contributed by atoms with Crippen molar-refractivity contribution in [1.29, 1.82) is 0 Å². The minimum absolute atomic E-state index is 0.244. The van der Waals surface area contributed by atoms with E-state index in [1.165, 1.54) is 11.3 Å². The van der Waals surface area contributed by atoms with E-state index < -0.39 is 0 Å². The molecule has 0 atom stereocenters. The van der Waals surface area contributed by atoms with E-state index in [1.807, 2.05) is 13.8 Å². The van der Waals surface area contributed by atoms with Gasteiger partial charge in [-0.2, -0.15) is 5.10 Å². The molecule has 6 nitrogen and oxygen atoms in total. The maximum absolute atomic E-state index is 12.2. The van der Waals surface area contributed by atoms with Gasteiger partial charge in [0.2, 0.25) is 0 Å². The van der Waals surface area contributed by atoms with Crippen LogP contribution in [-0.2, 0) is 0 Å². The third kappa shape index (κ3) is 2.32. The van der Waals surface area contributed by atoms with Gasteiger partial charge in [-0.15, -0.1) is 11.3 Å². The highest BCUT2D eigenvalue weighted by Gasteiger charge is 2.16. The lowest BCUT2D eigenvalue weighted by molar-refractivity contribution is 0.102. The monoisotopic (exact) mass is 351 g/mol.